The van der Waals surface area contributed by atoms with Crippen LogP contribution in [0.4, 0.5) is 0 Å². The number of carbonyl (C=O) groups is 1. The van der Waals surface area contributed by atoms with Crippen LogP contribution in [0.25, 0.3) is 0 Å². The molecule has 0 aliphatic carbocycles. The summed E-state index contributed by atoms with van der Waals surface area (Å²) in [6.07, 6.45) is 1.76. The third-order valence-corrected chi connectivity index (χ3v) is 3.08. The molecule has 2 heterocycles. The molecule has 6 nitrogen and oxygen atoms in total. The summed E-state index contributed by atoms with van der Waals surface area (Å²) in [6, 6.07) is -0.0887. The zero-order chi connectivity index (χ0) is 13.0. The SMILES string of the molecule is CCOCC(=O)N1CCOCC1c1[nH]ncc1C. The number of hydrogen-bond donors (Lipinski definition) is 1. The molecule has 1 aromatic heterocycles. The van der Waals surface area contributed by atoms with Crippen molar-refractivity contribution in [3.05, 3.63) is 17.5 Å². The molecular weight excluding hydrogens is 234 g/mol. The molecule has 0 bridgehead atoms. The second kappa shape index (κ2) is 5.97. The van der Waals surface area contributed by atoms with Crippen LogP contribution in [0.3, 0.4) is 0 Å². The van der Waals surface area contributed by atoms with Gasteiger partial charge in [0.05, 0.1) is 31.1 Å². The molecule has 100 valence electrons. The van der Waals surface area contributed by atoms with Gasteiger partial charge >= 0.3 is 0 Å². The van der Waals surface area contributed by atoms with E-state index in [1.807, 2.05) is 13.8 Å². The average Bonchev–Trinajstić information content (AvgIpc) is 2.82. The van der Waals surface area contributed by atoms with Crippen molar-refractivity contribution in [3.63, 3.8) is 0 Å². The van der Waals surface area contributed by atoms with Crippen LogP contribution in [0.5, 0.6) is 0 Å². The standard InChI is InChI=1S/C12H19N3O3/c1-3-17-8-11(16)15-4-5-18-7-10(15)12-9(2)6-13-14-12/h6,10H,3-5,7-8H2,1-2H3,(H,13,14). The fourth-order valence-corrected chi connectivity index (χ4v) is 2.11. The zero-order valence-electron chi connectivity index (χ0n) is 10.8. The molecule has 0 saturated carbocycles. The number of morpholine rings is 1. The summed E-state index contributed by atoms with van der Waals surface area (Å²) in [6.45, 7) is 6.18. The number of amides is 1. The number of nitrogens with zero attached hydrogens (tertiary/aromatic N) is 2. The van der Waals surface area contributed by atoms with Crippen molar-refractivity contribution in [2.75, 3.05) is 33.0 Å². The Morgan fingerprint density at radius 1 is 1.72 bits per heavy atom. The Balaban J connectivity index is 2.11. The highest BCUT2D eigenvalue weighted by Crippen LogP contribution is 2.24. The maximum absolute atomic E-state index is 12.1. The first-order valence-corrected chi connectivity index (χ1v) is 6.18. The highest BCUT2D eigenvalue weighted by atomic mass is 16.5. The Labute approximate surface area is 106 Å². The van der Waals surface area contributed by atoms with E-state index in [0.717, 1.165) is 11.3 Å². The lowest BCUT2D eigenvalue weighted by Gasteiger charge is -2.35. The van der Waals surface area contributed by atoms with Crippen molar-refractivity contribution in [2.24, 2.45) is 0 Å². The predicted molar refractivity (Wildman–Crippen MR) is 65.1 cm³/mol. The number of rotatable bonds is 4. The molecule has 0 aromatic carbocycles. The summed E-state index contributed by atoms with van der Waals surface area (Å²) in [5, 5.41) is 6.95. The molecular formula is C12H19N3O3. The van der Waals surface area contributed by atoms with Gasteiger partial charge in [0.1, 0.15) is 6.61 Å². The number of H-pyrrole nitrogens is 1. The average molecular weight is 253 g/mol. The molecule has 1 unspecified atom stereocenters. The first kappa shape index (κ1) is 13.0. The summed E-state index contributed by atoms with van der Waals surface area (Å²) in [5.74, 6) is -0.000787. The molecule has 1 aliphatic heterocycles. The Morgan fingerprint density at radius 2 is 2.56 bits per heavy atom. The Bertz CT molecular complexity index is 405. The molecule has 1 amide bonds. The minimum atomic E-state index is -0.0887. The lowest BCUT2D eigenvalue weighted by Crippen LogP contribution is -2.45. The van der Waals surface area contributed by atoms with Gasteiger partial charge in [-0.2, -0.15) is 5.10 Å². The first-order valence-electron chi connectivity index (χ1n) is 6.18. The number of nitrogens with one attached hydrogen (secondary N) is 1. The van der Waals surface area contributed by atoms with E-state index in [2.05, 4.69) is 10.2 Å². The van der Waals surface area contributed by atoms with Crippen LogP contribution in [0.1, 0.15) is 24.2 Å². The summed E-state index contributed by atoms with van der Waals surface area (Å²) < 4.78 is 10.6. The van der Waals surface area contributed by atoms with Gasteiger partial charge in [-0.15, -0.1) is 0 Å². The predicted octanol–water partition coefficient (Wildman–Crippen LogP) is 0.655. The topological polar surface area (TPSA) is 67.4 Å². The quantitative estimate of drug-likeness (QED) is 0.855. The number of aromatic amines is 1. The number of aromatic nitrogens is 2. The summed E-state index contributed by atoms with van der Waals surface area (Å²) >= 11 is 0. The fourth-order valence-electron chi connectivity index (χ4n) is 2.11. The van der Waals surface area contributed by atoms with Crippen molar-refractivity contribution in [3.8, 4) is 0 Å². The normalized spacial score (nSPS) is 20.1. The van der Waals surface area contributed by atoms with Crippen molar-refractivity contribution in [1.82, 2.24) is 15.1 Å². The van der Waals surface area contributed by atoms with E-state index in [-0.39, 0.29) is 18.6 Å². The lowest BCUT2D eigenvalue weighted by molar-refractivity contribution is -0.145. The van der Waals surface area contributed by atoms with Crippen molar-refractivity contribution in [2.45, 2.75) is 19.9 Å². The van der Waals surface area contributed by atoms with Crippen LogP contribution in [-0.4, -0.2) is 54.0 Å². The molecule has 1 aliphatic rings. The maximum Gasteiger partial charge on any atom is 0.249 e. The van der Waals surface area contributed by atoms with Crippen molar-refractivity contribution < 1.29 is 14.3 Å². The van der Waals surface area contributed by atoms with E-state index in [4.69, 9.17) is 9.47 Å². The highest BCUT2D eigenvalue weighted by Gasteiger charge is 2.30. The van der Waals surface area contributed by atoms with Gasteiger partial charge in [-0.05, 0) is 19.4 Å². The van der Waals surface area contributed by atoms with Crippen LogP contribution in [0.2, 0.25) is 0 Å². The Hall–Kier alpha value is -1.40. The van der Waals surface area contributed by atoms with E-state index in [1.165, 1.54) is 0 Å². The van der Waals surface area contributed by atoms with E-state index in [9.17, 15) is 4.79 Å². The van der Waals surface area contributed by atoms with Crippen LogP contribution in [0, 0.1) is 6.92 Å². The molecule has 2 rings (SSSR count). The monoisotopic (exact) mass is 253 g/mol. The molecule has 18 heavy (non-hydrogen) atoms. The van der Waals surface area contributed by atoms with Gasteiger partial charge in [-0.1, -0.05) is 0 Å². The molecule has 1 atom stereocenters. The summed E-state index contributed by atoms with van der Waals surface area (Å²) in [4.78, 5) is 13.9. The zero-order valence-corrected chi connectivity index (χ0v) is 10.8. The van der Waals surface area contributed by atoms with E-state index in [0.29, 0.717) is 26.4 Å². The number of hydrogen-bond acceptors (Lipinski definition) is 4. The van der Waals surface area contributed by atoms with Crippen molar-refractivity contribution >= 4 is 5.91 Å². The van der Waals surface area contributed by atoms with Crippen LogP contribution in [0.15, 0.2) is 6.20 Å². The van der Waals surface area contributed by atoms with Gasteiger partial charge in [0.15, 0.2) is 0 Å². The Kier molecular flexibility index (Phi) is 4.33. The van der Waals surface area contributed by atoms with Gasteiger partial charge in [-0.3, -0.25) is 9.89 Å². The molecule has 1 aromatic rings. The second-order valence-electron chi connectivity index (χ2n) is 4.28. The maximum atomic E-state index is 12.1. The minimum Gasteiger partial charge on any atom is -0.377 e. The minimum absolute atomic E-state index is 0.000787. The van der Waals surface area contributed by atoms with E-state index < -0.39 is 0 Å². The van der Waals surface area contributed by atoms with Gasteiger partial charge in [0.2, 0.25) is 5.91 Å². The van der Waals surface area contributed by atoms with E-state index >= 15 is 0 Å². The molecule has 0 radical (unpaired) electrons. The van der Waals surface area contributed by atoms with Gasteiger partial charge in [0, 0.05) is 13.2 Å². The molecule has 0 spiro atoms. The second-order valence-corrected chi connectivity index (χ2v) is 4.28. The molecule has 1 fully saturated rings. The largest absolute Gasteiger partial charge is 0.377 e. The van der Waals surface area contributed by atoms with Crippen LogP contribution in [-0.2, 0) is 14.3 Å². The number of aryl methyl sites for hydroxylation is 1. The third-order valence-electron chi connectivity index (χ3n) is 3.08. The highest BCUT2D eigenvalue weighted by molar-refractivity contribution is 5.78. The summed E-state index contributed by atoms with van der Waals surface area (Å²) in [7, 11) is 0. The van der Waals surface area contributed by atoms with Gasteiger partial charge in [0.25, 0.3) is 0 Å². The summed E-state index contributed by atoms with van der Waals surface area (Å²) in [5.41, 5.74) is 1.99. The van der Waals surface area contributed by atoms with Crippen molar-refractivity contribution in [1.29, 1.82) is 0 Å². The van der Waals surface area contributed by atoms with E-state index in [1.54, 1.807) is 11.1 Å². The molecule has 1 N–H and O–H groups in total. The molecule has 1 saturated heterocycles. The smallest absolute Gasteiger partial charge is 0.249 e. The van der Waals surface area contributed by atoms with Crippen LogP contribution >= 0.6 is 0 Å². The third kappa shape index (κ3) is 2.70. The van der Waals surface area contributed by atoms with Crippen LogP contribution < -0.4 is 0 Å². The fraction of sp³-hybridized carbons (Fsp3) is 0.667. The Morgan fingerprint density at radius 3 is 3.22 bits per heavy atom. The van der Waals surface area contributed by atoms with Gasteiger partial charge in [-0.25, -0.2) is 0 Å². The molecule has 6 heteroatoms. The number of ether oxygens (including phenoxy) is 2. The lowest BCUT2D eigenvalue weighted by atomic mass is 10.1. The number of carbonyl (C=O) groups excluding carboxylic acids is 1. The van der Waals surface area contributed by atoms with Gasteiger partial charge < -0.3 is 14.4 Å². The first-order chi connectivity index (χ1) is 8.74.